The van der Waals surface area contributed by atoms with Crippen LogP contribution in [0.2, 0.25) is 0 Å². The van der Waals surface area contributed by atoms with Crippen LogP contribution in [0, 0.1) is 0 Å². The van der Waals surface area contributed by atoms with Gasteiger partial charge < -0.3 is 9.40 Å². The van der Waals surface area contributed by atoms with Gasteiger partial charge in [-0.2, -0.15) is 0 Å². The molecule has 7 heteroatoms. The molecule has 0 aliphatic carbocycles. The van der Waals surface area contributed by atoms with E-state index in [0.717, 1.165) is 10.9 Å². The minimum absolute atomic E-state index is 0.0626. The van der Waals surface area contributed by atoms with Gasteiger partial charge in [-0.15, -0.1) is 10.2 Å². The fraction of sp³-hybridized carbons (Fsp3) is 0.167. The average Bonchev–Trinajstić information content (AvgIpc) is 3.37. The number of fused-ring (bicyclic) bond motifs is 1. The van der Waals surface area contributed by atoms with Crippen LogP contribution in [0.25, 0.3) is 22.5 Å². The van der Waals surface area contributed by atoms with Crippen LogP contribution in [0.4, 0.5) is 0 Å². The molecule has 0 spiro atoms. The molecule has 0 fully saturated rings. The van der Waals surface area contributed by atoms with E-state index in [-0.39, 0.29) is 5.78 Å². The topological polar surface area (TPSA) is 76.7 Å². The van der Waals surface area contributed by atoms with Crippen molar-refractivity contribution in [3.05, 3.63) is 54.4 Å². The van der Waals surface area contributed by atoms with E-state index in [4.69, 9.17) is 4.42 Å². The third kappa shape index (κ3) is 2.87. The zero-order valence-electron chi connectivity index (χ0n) is 13.6. The summed E-state index contributed by atoms with van der Waals surface area (Å²) in [7, 11) is 0. The lowest BCUT2D eigenvalue weighted by Gasteiger charge is -2.05. The molecule has 0 atom stereocenters. The number of H-pyrrole nitrogens is 1. The average molecular weight is 352 g/mol. The van der Waals surface area contributed by atoms with Crippen LogP contribution >= 0.6 is 11.8 Å². The number of rotatable bonds is 6. The Morgan fingerprint density at radius 2 is 2.12 bits per heavy atom. The van der Waals surface area contributed by atoms with E-state index >= 15 is 0 Å². The van der Waals surface area contributed by atoms with Crippen LogP contribution in [0.15, 0.2) is 58.4 Å². The fourth-order valence-electron chi connectivity index (χ4n) is 2.78. The maximum atomic E-state index is 12.6. The molecule has 0 saturated heterocycles. The summed E-state index contributed by atoms with van der Waals surface area (Å²) in [5.41, 5.74) is 1.67. The first-order valence-electron chi connectivity index (χ1n) is 7.97. The van der Waals surface area contributed by atoms with Crippen LogP contribution < -0.4 is 0 Å². The summed E-state index contributed by atoms with van der Waals surface area (Å²) in [4.78, 5) is 15.7. The molecule has 0 bridgehead atoms. The summed E-state index contributed by atoms with van der Waals surface area (Å²) in [6.07, 6.45) is 3.38. The Kier molecular flexibility index (Phi) is 4.15. The lowest BCUT2D eigenvalue weighted by molar-refractivity contribution is 0.102. The van der Waals surface area contributed by atoms with Crippen molar-refractivity contribution in [2.45, 2.75) is 18.6 Å². The van der Waals surface area contributed by atoms with E-state index < -0.39 is 0 Å². The molecule has 6 nitrogen and oxygen atoms in total. The number of nitrogens with one attached hydrogen (secondary N) is 1. The van der Waals surface area contributed by atoms with Gasteiger partial charge in [0.2, 0.25) is 0 Å². The highest BCUT2D eigenvalue weighted by Gasteiger charge is 2.18. The lowest BCUT2D eigenvalue weighted by atomic mass is 10.1. The van der Waals surface area contributed by atoms with Gasteiger partial charge >= 0.3 is 0 Å². The van der Waals surface area contributed by atoms with Crippen molar-refractivity contribution < 1.29 is 9.21 Å². The molecular weight excluding hydrogens is 336 g/mol. The SMILES string of the molecule is CCn1c(SCC(=O)c2c[nH]c3ccccc23)nnc1-c1ccco1. The number of hydrogen-bond donors (Lipinski definition) is 1. The highest BCUT2D eigenvalue weighted by molar-refractivity contribution is 7.99. The maximum Gasteiger partial charge on any atom is 0.200 e. The number of benzene rings is 1. The van der Waals surface area contributed by atoms with Crippen molar-refractivity contribution in [1.29, 1.82) is 0 Å². The Labute approximate surface area is 148 Å². The first-order chi connectivity index (χ1) is 12.3. The summed E-state index contributed by atoms with van der Waals surface area (Å²) in [6, 6.07) is 11.5. The van der Waals surface area contributed by atoms with Crippen molar-refractivity contribution in [2.24, 2.45) is 0 Å². The van der Waals surface area contributed by atoms with Gasteiger partial charge in [0.05, 0.1) is 12.0 Å². The maximum absolute atomic E-state index is 12.6. The largest absolute Gasteiger partial charge is 0.461 e. The normalized spacial score (nSPS) is 11.2. The highest BCUT2D eigenvalue weighted by atomic mass is 32.2. The molecule has 4 aromatic rings. The van der Waals surface area contributed by atoms with Crippen molar-refractivity contribution in [1.82, 2.24) is 19.7 Å². The van der Waals surface area contributed by atoms with Crippen molar-refractivity contribution in [3.63, 3.8) is 0 Å². The Morgan fingerprint density at radius 3 is 2.92 bits per heavy atom. The molecule has 1 N–H and O–H groups in total. The number of para-hydroxylation sites is 1. The third-order valence-electron chi connectivity index (χ3n) is 4.00. The van der Waals surface area contributed by atoms with Crippen LogP contribution in [0.5, 0.6) is 0 Å². The Balaban J connectivity index is 1.54. The second kappa shape index (κ2) is 6.60. The van der Waals surface area contributed by atoms with Gasteiger partial charge in [-0.1, -0.05) is 30.0 Å². The van der Waals surface area contributed by atoms with Gasteiger partial charge in [-0.25, -0.2) is 0 Å². The number of furan rings is 1. The predicted molar refractivity (Wildman–Crippen MR) is 96.8 cm³/mol. The van der Waals surface area contributed by atoms with Crippen molar-refractivity contribution in [3.8, 4) is 11.6 Å². The lowest BCUT2D eigenvalue weighted by Crippen LogP contribution is -2.04. The molecule has 0 aliphatic rings. The Morgan fingerprint density at radius 1 is 1.24 bits per heavy atom. The number of carbonyl (C=O) groups is 1. The van der Waals surface area contributed by atoms with E-state index in [1.807, 2.05) is 47.9 Å². The molecule has 4 rings (SSSR count). The summed E-state index contributed by atoms with van der Waals surface area (Å²) < 4.78 is 7.35. The van der Waals surface area contributed by atoms with Crippen LogP contribution in [-0.4, -0.2) is 31.3 Å². The molecular formula is C18H16N4O2S. The van der Waals surface area contributed by atoms with Gasteiger partial charge in [-0.05, 0) is 25.1 Å². The number of ketones is 1. The summed E-state index contributed by atoms with van der Waals surface area (Å²) in [5, 5.41) is 10.1. The van der Waals surface area contributed by atoms with Crippen LogP contribution in [0.3, 0.4) is 0 Å². The molecule has 0 saturated carbocycles. The first kappa shape index (κ1) is 15.7. The van der Waals surface area contributed by atoms with E-state index in [0.29, 0.717) is 34.6 Å². The van der Waals surface area contributed by atoms with Gasteiger partial charge in [0.25, 0.3) is 0 Å². The minimum atomic E-state index is 0.0626. The zero-order chi connectivity index (χ0) is 17.2. The summed E-state index contributed by atoms with van der Waals surface area (Å²) in [6.45, 7) is 2.72. The van der Waals surface area contributed by atoms with E-state index in [1.165, 1.54) is 11.8 Å². The first-order valence-corrected chi connectivity index (χ1v) is 8.95. The number of aromatic nitrogens is 4. The predicted octanol–water partition coefficient (Wildman–Crippen LogP) is 4.01. The standard InChI is InChI=1S/C18H16N4O2S/c1-2-22-17(16-8-5-9-24-16)20-21-18(22)25-11-15(23)13-10-19-14-7-4-3-6-12(13)14/h3-10,19H,2,11H2,1H3. The molecule has 0 unspecified atom stereocenters. The van der Waals surface area contributed by atoms with Gasteiger partial charge in [-0.3, -0.25) is 9.36 Å². The molecule has 3 aromatic heterocycles. The number of nitrogens with zero attached hydrogens (tertiary/aromatic N) is 3. The Bertz CT molecular complexity index is 1020. The molecule has 0 radical (unpaired) electrons. The third-order valence-corrected chi connectivity index (χ3v) is 4.96. The van der Waals surface area contributed by atoms with Crippen molar-refractivity contribution >= 4 is 28.4 Å². The van der Waals surface area contributed by atoms with Gasteiger partial charge in [0.1, 0.15) is 0 Å². The quantitative estimate of drug-likeness (QED) is 0.419. The van der Waals surface area contributed by atoms with Gasteiger partial charge in [0.15, 0.2) is 22.5 Å². The molecule has 0 aliphatic heterocycles. The Hall–Kier alpha value is -2.80. The van der Waals surface area contributed by atoms with Crippen molar-refractivity contribution in [2.75, 3.05) is 5.75 Å². The number of aromatic amines is 1. The molecule has 1 aromatic carbocycles. The second-order valence-electron chi connectivity index (χ2n) is 5.49. The highest BCUT2D eigenvalue weighted by Crippen LogP contribution is 2.26. The zero-order valence-corrected chi connectivity index (χ0v) is 14.4. The van der Waals surface area contributed by atoms with E-state index in [9.17, 15) is 4.79 Å². The smallest absolute Gasteiger partial charge is 0.200 e. The number of carbonyl (C=O) groups excluding carboxylic acids is 1. The molecule has 3 heterocycles. The number of Topliss-reactive ketones (excluding diaryl/α,β-unsaturated/α-hetero) is 1. The van der Waals surface area contributed by atoms with E-state index in [2.05, 4.69) is 15.2 Å². The number of hydrogen-bond acceptors (Lipinski definition) is 5. The molecule has 0 amide bonds. The van der Waals surface area contributed by atoms with Gasteiger partial charge in [0, 0.05) is 29.2 Å². The van der Waals surface area contributed by atoms with E-state index in [1.54, 1.807) is 12.5 Å². The number of thioether (sulfide) groups is 1. The second-order valence-corrected chi connectivity index (χ2v) is 6.43. The fourth-order valence-corrected chi connectivity index (χ4v) is 3.66. The molecule has 126 valence electrons. The summed E-state index contributed by atoms with van der Waals surface area (Å²) in [5.74, 6) is 1.71. The minimum Gasteiger partial charge on any atom is -0.461 e. The monoisotopic (exact) mass is 352 g/mol. The van der Waals surface area contributed by atoms with Crippen LogP contribution in [0.1, 0.15) is 17.3 Å². The summed E-state index contributed by atoms with van der Waals surface area (Å²) >= 11 is 1.39. The molecule has 25 heavy (non-hydrogen) atoms. The van der Waals surface area contributed by atoms with Crippen LogP contribution in [-0.2, 0) is 6.54 Å².